The molecule has 0 aliphatic carbocycles. The van der Waals surface area contributed by atoms with Crippen LogP contribution in [0.1, 0.15) is 149 Å². The molecule has 46 heavy (non-hydrogen) atoms. The molecule has 4 heteroatoms. The molecule has 0 aliphatic rings. The van der Waals surface area contributed by atoms with Crippen molar-refractivity contribution in [3.63, 3.8) is 0 Å². The van der Waals surface area contributed by atoms with Gasteiger partial charge in [0.25, 0.3) is 0 Å². The highest BCUT2D eigenvalue weighted by atomic mass is 16.6. The molecule has 0 amide bonds. The van der Waals surface area contributed by atoms with E-state index in [1.807, 2.05) is 0 Å². The monoisotopic (exact) mass is 639 g/mol. The molecule has 1 atom stereocenters. The van der Waals surface area contributed by atoms with E-state index in [0.717, 1.165) is 64.2 Å². The van der Waals surface area contributed by atoms with Gasteiger partial charge in [0.15, 0.2) is 0 Å². The van der Waals surface area contributed by atoms with E-state index in [4.69, 9.17) is 9.47 Å². The molecule has 1 N–H and O–H groups in total. The maximum atomic E-state index is 12.1. The zero-order valence-corrected chi connectivity index (χ0v) is 29.8. The lowest BCUT2D eigenvalue weighted by atomic mass is 10.1. The van der Waals surface area contributed by atoms with Gasteiger partial charge in [-0.2, -0.15) is 0 Å². The molecular formula is C42H70O4. The maximum Gasteiger partial charge on any atom is 0.306 e. The van der Waals surface area contributed by atoms with Crippen molar-refractivity contribution in [3.05, 3.63) is 85.1 Å². The van der Waals surface area contributed by atoms with E-state index in [1.165, 1.54) is 64.2 Å². The van der Waals surface area contributed by atoms with Crippen molar-refractivity contribution in [3.8, 4) is 0 Å². The highest BCUT2D eigenvalue weighted by molar-refractivity contribution is 5.69. The topological polar surface area (TPSA) is 55.8 Å². The summed E-state index contributed by atoms with van der Waals surface area (Å²) in [5, 5.41) is 9.55. The SMILES string of the molecule is CC/C=C\C/C=C\C/C=C\C/C=C\C/C=C\CCCC(=O)OC(CO)COCCCCCCCC/C=C\C/C=C\CCCCCC. The molecule has 0 fully saturated rings. The van der Waals surface area contributed by atoms with Crippen molar-refractivity contribution < 1.29 is 19.4 Å². The lowest BCUT2D eigenvalue weighted by molar-refractivity contribution is -0.154. The second-order valence-corrected chi connectivity index (χ2v) is 11.9. The molecule has 0 aromatic heterocycles. The van der Waals surface area contributed by atoms with Crippen molar-refractivity contribution in [2.24, 2.45) is 0 Å². The summed E-state index contributed by atoms with van der Waals surface area (Å²) in [4.78, 5) is 12.1. The third kappa shape index (κ3) is 36.0. The van der Waals surface area contributed by atoms with E-state index in [1.54, 1.807) is 0 Å². The highest BCUT2D eigenvalue weighted by Gasteiger charge is 2.13. The van der Waals surface area contributed by atoms with Crippen LogP contribution in [0, 0.1) is 0 Å². The van der Waals surface area contributed by atoms with Crippen molar-refractivity contribution in [2.75, 3.05) is 19.8 Å². The summed E-state index contributed by atoms with van der Waals surface area (Å²) in [7, 11) is 0. The number of ether oxygens (including phenoxy) is 2. The van der Waals surface area contributed by atoms with Crippen LogP contribution in [0.2, 0.25) is 0 Å². The van der Waals surface area contributed by atoms with Crippen molar-refractivity contribution >= 4 is 5.97 Å². The average Bonchev–Trinajstić information content (AvgIpc) is 3.06. The summed E-state index contributed by atoms with van der Waals surface area (Å²) >= 11 is 0. The van der Waals surface area contributed by atoms with Crippen molar-refractivity contribution in [1.29, 1.82) is 0 Å². The molecule has 0 spiro atoms. The lowest BCUT2D eigenvalue weighted by Crippen LogP contribution is -2.27. The first-order valence-corrected chi connectivity index (χ1v) is 18.7. The summed E-state index contributed by atoms with van der Waals surface area (Å²) in [5.74, 6) is -0.265. The molecule has 0 aromatic carbocycles. The number of carbonyl (C=O) groups is 1. The van der Waals surface area contributed by atoms with Gasteiger partial charge < -0.3 is 14.6 Å². The largest absolute Gasteiger partial charge is 0.457 e. The van der Waals surface area contributed by atoms with Crippen LogP contribution in [-0.4, -0.2) is 37.0 Å². The standard InChI is InChI=1S/C42H70O4/c1-3-5-7-9-11-13-15-17-19-21-23-25-27-29-31-33-35-37-42(44)46-41(39-43)40-45-38-36-34-32-30-28-26-24-22-20-18-16-14-12-10-8-6-4-2/h5,7,11,13-14,16-17,19-20,22-23,25,29,31,41,43H,3-4,6,8-10,12,15,18,21,24,26-28,30,32-40H2,1-2H3/b7-5-,13-11-,16-14-,19-17-,22-20-,25-23-,31-29-. The molecule has 4 nitrogen and oxygen atoms in total. The van der Waals surface area contributed by atoms with Crippen LogP contribution in [0.3, 0.4) is 0 Å². The molecule has 0 aliphatic heterocycles. The normalized spacial score (nSPS) is 13.4. The fraction of sp³-hybridized carbons (Fsp3) is 0.643. The Bertz CT molecular complexity index is 846. The minimum atomic E-state index is -0.574. The molecule has 0 radical (unpaired) electrons. The van der Waals surface area contributed by atoms with Crippen LogP contribution in [0.4, 0.5) is 0 Å². The Balaban J connectivity index is 3.61. The maximum absolute atomic E-state index is 12.1. The smallest absolute Gasteiger partial charge is 0.306 e. The van der Waals surface area contributed by atoms with Crippen molar-refractivity contribution in [2.45, 2.75) is 155 Å². The first-order valence-electron chi connectivity index (χ1n) is 18.7. The van der Waals surface area contributed by atoms with Crippen LogP contribution >= 0.6 is 0 Å². The summed E-state index contributed by atoms with van der Waals surface area (Å²) in [6, 6.07) is 0. The quantitative estimate of drug-likeness (QED) is 0.0441. The lowest BCUT2D eigenvalue weighted by Gasteiger charge is -2.15. The van der Waals surface area contributed by atoms with E-state index < -0.39 is 6.10 Å². The molecule has 0 aromatic rings. The molecule has 0 rings (SSSR count). The van der Waals surface area contributed by atoms with Gasteiger partial charge in [0.05, 0.1) is 13.2 Å². The third-order valence-corrected chi connectivity index (χ3v) is 7.45. The number of aliphatic hydroxyl groups is 1. The van der Waals surface area contributed by atoms with Crippen molar-refractivity contribution in [1.82, 2.24) is 0 Å². The Labute approximate surface area is 284 Å². The predicted molar refractivity (Wildman–Crippen MR) is 200 cm³/mol. The average molecular weight is 639 g/mol. The fourth-order valence-corrected chi connectivity index (χ4v) is 4.69. The van der Waals surface area contributed by atoms with E-state index in [2.05, 4.69) is 98.9 Å². The Kier molecular flexibility index (Phi) is 36.7. The number of aliphatic hydroxyl groups excluding tert-OH is 1. The van der Waals surface area contributed by atoms with Crippen LogP contribution in [0.25, 0.3) is 0 Å². The number of carbonyl (C=O) groups excluding carboxylic acids is 1. The summed E-state index contributed by atoms with van der Waals surface area (Å²) in [6.45, 7) is 5.11. The van der Waals surface area contributed by atoms with E-state index in [9.17, 15) is 9.90 Å². The number of allylic oxidation sites excluding steroid dienone is 14. The molecule has 1 unspecified atom stereocenters. The van der Waals surface area contributed by atoms with Gasteiger partial charge in [0.1, 0.15) is 6.10 Å². The van der Waals surface area contributed by atoms with Gasteiger partial charge in [-0.05, 0) is 83.5 Å². The Hall–Kier alpha value is -2.43. The molecule has 0 heterocycles. The van der Waals surface area contributed by atoms with Gasteiger partial charge in [-0.3, -0.25) is 4.79 Å². The summed E-state index contributed by atoms with van der Waals surface area (Å²) in [5.41, 5.74) is 0. The number of esters is 1. The molecule has 0 bridgehead atoms. The number of hydrogen-bond acceptors (Lipinski definition) is 4. The second-order valence-electron chi connectivity index (χ2n) is 11.9. The molecular weight excluding hydrogens is 568 g/mol. The van der Waals surface area contributed by atoms with Crippen LogP contribution in [0.5, 0.6) is 0 Å². The van der Waals surface area contributed by atoms with Gasteiger partial charge >= 0.3 is 5.97 Å². The minimum absolute atomic E-state index is 0.204. The van der Waals surface area contributed by atoms with E-state index in [-0.39, 0.29) is 19.2 Å². The Morgan fingerprint density at radius 3 is 1.48 bits per heavy atom. The number of unbranched alkanes of at least 4 members (excludes halogenated alkanes) is 11. The van der Waals surface area contributed by atoms with Crippen LogP contribution in [-0.2, 0) is 14.3 Å². The fourth-order valence-electron chi connectivity index (χ4n) is 4.69. The minimum Gasteiger partial charge on any atom is -0.457 e. The molecule has 0 saturated heterocycles. The van der Waals surface area contributed by atoms with Gasteiger partial charge in [-0.25, -0.2) is 0 Å². The molecule has 262 valence electrons. The number of rotatable bonds is 33. The van der Waals surface area contributed by atoms with Gasteiger partial charge in [0, 0.05) is 13.0 Å². The van der Waals surface area contributed by atoms with Crippen LogP contribution in [0.15, 0.2) is 85.1 Å². The van der Waals surface area contributed by atoms with Gasteiger partial charge in [-0.15, -0.1) is 0 Å². The first-order chi connectivity index (χ1) is 22.7. The third-order valence-electron chi connectivity index (χ3n) is 7.45. The summed E-state index contributed by atoms with van der Waals surface area (Å²) in [6.07, 6.45) is 53.4. The van der Waals surface area contributed by atoms with E-state index in [0.29, 0.717) is 13.0 Å². The van der Waals surface area contributed by atoms with Gasteiger partial charge in [0.2, 0.25) is 0 Å². The zero-order chi connectivity index (χ0) is 33.4. The number of hydrogen-bond donors (Lipinski definition) is 1. The highest BCUT2D eigenvalue weighted by Crippen LogP contribution is 2.09. The summed E-state index contributed by atoms with van der Waals surface area (Å²) < 4.78 is 11.1. The zero-order valence-electron chi connectivity index (χ0n) is 29.8. The molecule has 0 saturated carbocycles. The first kappa shape index (κ1) is 43.6. The Morgan fingerprint density at radius 1 is 0.543 bits per heavy atom. The Morgan fingerprint density at radius 2 is 0.978 bits per heavy atom. The van der Waals surface area contributed by atoms with Crippen LogP contribution < -0.4 is 0 Å². The predicted octanol–water partition coefficient (Wildman–Crippen LogP) is 12.0. The van der Waals surface area contributed by atoms with Gasteiger partial charge in [-0.1, -0.05) is 144 Å². The van der Waals surface area contributed by atoms with E-state index >= 15 is 0 Å². The second kappa shape index (κ2) is 38.8.